The van der Waals surface area contributed by atoms with E-state index in [-0.39, 0.29) is 5.76 Å². The Bertz CT molecular complexity index is 1120. The van der Waals surface area contributed by atoms with Crippen LogP contribution in [0.4, 0.5) is 0 Å². The van der Waals surface area contributed by atoms with Gasteiger partial charge >= 0.3 is 0 Å². The lowest BCUT2D eigenvalue weighted by Gasteiger charge is -2.04. The molecule has 0 aliphatic carbocycles. The fraction of sp³-hybridized carbons (Fsp3) is 0.100. The number of hydrogen-bond acceptors (Lipinski definition) is 6. The quantitative estimate of drug-likeness (QED) is 0.360. The molecule has 4 aromatic rings. The fourth-order valence-corrected chi connectivity index (χ4v) is 3.27. The minimum absolute atomic E-state index is 0.0900. The van der Waals surface area contributed by atoms with Gasteiger partial charge < -0.3 is 19.2 Å². The van der Waals surface area contributed by atoms with Crippen LogP contribution in [0, 0.1) is 0 Å². The van der Waals surface area contributed by atoms with Gasteiger partial charge in [0.2, 0.25) is 0 Å². The van der Waals surface area contributed by atoms with Crippen molar-refractivity contribution in [2.75, 3.05) is 12.9 Å². The highest BCUT2D eigenvalue weighted by molar-refractivity contribution is 7.99. The summed E-state index contributed by atoms with van der Waals surface area (Å²) in [5, 5.41) is 20.1. The Morgan fingerprint density at radius 1 is 1.11 bits per heavy atom. The molecule has 7 heteroatoms. The fourth-order valence-electron chi connectivity index (χ4n) is 2.70. The highest BCUT2D eigenvalue weighted by Gasteiger charge is 2.12. The van der Waals surface area contributed by atoms with E-state index in [9.17, 15) is 0 Å². The van der Waals surface area contributed by atoms with E-state index in [1.165, 1.54) is 11.8 Å². The number of methoxy groups -OCH3 is 1. The SMILES string of the molecule is C=C(O)CSc1nnc(-c2ccc(-c3ccc4cc(OC)ccc4c3)o2)[nH]1. The smallest absolute Gasteiger partial charge is 0.197 e. The van der Waals surface area contributed by atoms with E-state index in [0.717, 1.165) is 27.8 Å². The molecule has 136 valence electrons. The minimum Gasteiger partial charge on any atom is -0.512 e. The maximum absolute atomic E-state index is 9.17. The van der Waals surface area contributed by atoms with Crippen molar-refractivity contribution in [3.05, 3.63) is 60.9 Å². The third-order valence-corrected chi connectivity index (χ3v) is 4.95. The molecule has 2 N–H and O–H groups in total. The Balaban J connectivity index is 1.59. The van der Waals surface area contributed by atoms with Crippen molar-refractivity contribution in [2.24, 2.45) is 0 Å². The summed E-state index contributed by atoms with van der Waals surface area (Å²) >= 11 is 1.32. The lowest BCUT2D eigenvalue weighted by atomic mass is 10.1. The van der Waals surface area contributed by atoms with E-state index in [1.807, 2.05) is 42.5 Å². The van der Waals surface area contributed by atoms with Gasteiger partial charge in [0.25, 0.3) is 0 Å². The predicted molar refractivity (Wildman–Crippen MR) is 106 cm³/mol. The average Bonchev–Trinajstić information content (AvgIpc) is 3.35. The van der Waals surface area contributed by atoms with Crippen LogP contribution in [0.5, 0.6) is 5.75 Å². The molecular weight excluding hydrogens is 362 g/mol. The lowest BCUT2D eigenvalue weighted by Crippen LogP contribution is -1.83. The van der Waals surface area contributed by atoms with Gasteiger partial charge in [-0.2, -0.15) is 0 Å². The molecule has 0 spiro atoms. The molecule has 0 bridgehead atoms. The monoisotopic (exact) mass is 379 g/mol. The van der Waals surface area contributed by atoms with Gasteiger partial charge in [0.05, 0.1) is 18.6 Å². The van der Waals surface area contributed by atoms with E-state index in [0.29, 0.717) is 22.5 Å². The third-order valence-electron chi connectivity index (χ3n) is 4.01. The number of aliphatic hydroxyl groups excluding tert-OH is 1. The van der Waals surface area contributed by atoms with E-state index < -0.39 is 0 Å². The third kappa shape index (κ3) is 3.68. The molecule has 6 nitrogen and oxygen atoms in total. The second-order valence-corrected chi connectivity index (χ2v) is 6.89. The summed E-state index contributed by atoms with van der Waals surface area (Å²) in [5.74, 6) is 3.17. The maximum Gasteiger partial charge on any atom is 0.197 e. The molecule has 27 heavy (non-hydrogen) atoms. The molecule has 0 radical (unpaired) electrons. The second kappa shape index (κ2) is 7.20. The number of nitrogens with zero attached hydrogens (tertiary/aromatic N) is 2. The van der Waals surface area contributed by atoms with Gasteiger partial charge in [0.15, 0.2) is 16.7 Å². The molecule has 0 unspecified atom stereocenters. The summed E-state index contributed by atoms with van der Waals surface area (Å²) in [5.41, 5.74) is 0.976. The van der Waals surface area contributed by atoms with E-state index in [2.05, 4.69) is 27.8 Å². The summed E-state index contributed by atoms with van der Waals surface area (Å²) in [7, 11) is 1.66. The van der Waals surface area contributed by atoms with Crippen LogP contribution < -0.4 is 4.74 Å². The van der Waals surface area contributed by atoms with E-state index in [4.69, 9.17) is 14.3 Å². The van der Waals surface area contributed by atoms with Gasteiger partial charge in [-0.25, -0.2) is 0 Å². The summed E-state index contributed by atoms with van der Waals surface area (Å²) < 4.78 is 11.2. The Labute approximate surface area is 159 Å². The van der Waals surface area contributed by atoms with Crippen molar-refractivity contribution in [2.45, 2.75) is 5.16 Å². The number of furan rings is 1. The number of nitrogens with one attached hydrogen (secondary N) is 1. The Morgan fingerprint density at radius 3 is 2.70 bits per heavy atom. The van der Waals surface area contributed by atoms with Crippen LogP contribution in [-0.4, -0.2) is 33.2 Å². The summed E-state index contributed by atoms with van der Waals surface area (Å²) in [6.07, 6.45) is 0. The molecule has 0 aliphatic rings. The zero-order valence-electron chi connectivity index (χ0n) is 14.6. The number of rotatable bonds is 6. The van der Waals surface area contributed by atoms with E-state index >= 15 is 0 Å². The van der Waals surface area contributed by atoms with Crippen LogP contribution in [0.3, 0.4) is 0 Å². The minimum atomic E-state index is 0.0900. The summed E-state index contributed by atoms with van der Waals surface area (Å²) in [4.78, 5) is 3.07. The number of benzene rings is 2. The highest BCUT2D eigenvalue weighted by Crippen LogP contribution is 2.30. The molecule has 0 atom stereocenters. The van der Waals surface area contributed by atoms with Gasteiger partial charge in [0.1, 0.15) is 11.5 Å². The molecule has 0 saturated carbocycles. The number of fused-ring (bicyclic) bond motifs is 1. The molecule has 0 saturated heterocycles. The van der Waals surface area contributed by atoms with Gasteiger partial charge in [-0.3, -0.25) is 0 Å². The predicted octanol–water partition coefficient (Wildman–Crippen LogP) is 5.06. The van der Waals surface area contributed by atoms with Crippen molar-refractivity contribution in [3.8, 4) is 28.7 Å². The van der Waals surface area contributed by atoms with Crippen LogP contribution in [0.25, 0.3) is 33.7 Å². The number of H-pyrrole nitrogens is 1. The van der Waals surface area contributed by atoms with Gasteiger partial charge in [-0.1, -0.05) is 36.5 Å². The standard InChI is InChI=1S/C20H17N3O3S/c1-12(24)11-27-20-21-19(22-23-20)18-8-7-17(26-18)15-4-3-14-10-16(25-2)6-5-13(14)9-15/h3-10,24H,1,11H2,2H3,(H,21,22,23). The largest absolute Gasteiger partial charge is 0.512 e. The number of thioether (sulfide) groups is 1. The topological polar surface area (TPSA) is 84.2 Å². The summed E-state index contributed by atoms with van der Waals surface area (Å²) in [6.45, 7) is 3.45. The number of aromatic nitrogens is 3. The van der Waals surface area contributed by atoms with Crippen molar-refractivity contribution in [1.82, 2.24) is 15.2 Å². The maximum atomic E-state index is 9.17. The molecule has 2 heterocycles. The normalized spacial score (nSPS) is 11.0. The Hall–Kier alpha value is -3.19. The molecule has 2 aromatic heterocycles. The number of aromatic amines is 1. The Morgan fingerprint density at radius 2 is 1.89 bits per heavy atom. The van der Waals surface area contributed by atoms with Crippen LogP contribution in [0.15, 0.2) is 70.4 Å². The first-order valence-electron chi connectivity index (χ1n) is 8.23. The number of ether oxygens (including phenoxy) is 1. The number of aliphatic hydroxyl groups is 1. The lowest BCUT2D eigenvalue weighted by molar-refractivity contribution is 0.415. The van der Waals surface area contributed by atoms with Crippen LogP contribution in [0.1, 0.15) is 0 Å². The molecule has 0 aliphatic heterocycles. The first kappa shape index (κ1) is 17.2. The molecule has 4 rings (SSSR count). The van der Waals surface area contributed by atoms with Crippen molar-refractivity contribution in [3.63, 3.8) is 0 Å². The van der Waals surface area contributed by atoms with Gasteiger partial charge in [-0.15, -0.1) is 10.2 Å². The highest BCUT2D eigenvalue weighted by atomic mass is 32.2. The molecule has 0 fully saturated rings. The zero-order valence-corrected chi connectivity index (χ0v) is 15.4. The number of hydrogen-bond donors (Lipinski definition) is 2. The first-order chi connectivity index (χ1) is 13.1. The van der Waals surface area contributed by atoms with Crippen molar-refractivity contribution >= 4 is 22.5 Å². The first-order valence-corrected chi connectivity index (χ1v) is 9.21. The molecule has 2 aromatic carbocycles. The van der Waals surface area contributed by atoms with E-state index in [1.54, 1.807) is 7.11 Å². The molecular formula is C20H17N3O3S. The van der Waals surface area contributed by atoms with Crippen molar-refractivity contribution < 1.29 is 14.3 Å². The van der Waals surface area contributed by atoms with Gasteiger partial charge in [-0.05, 0) is 41.1 Å². The second-order valence-electron chi connectivity index (χ2n) is 5.93. The zero-order chi connectivity index (χ0) is 18.8. The average molecular weight is 379 g/mol. The Kier molecular flexibility index (Phi) is 4.60. The van der Waals surface area contributed by atoms with Crippen molar-refractivity contribution in [1.29, 1.82) is 0 Å². The summed E-state index contributed by atoms with van der Waals surface area (Å²) in [6, 6.07) is 15.9. The molecule has 0 amide bonds. The van der Waals surface area contributed by atoms with Gasteiger partial charge in [0, 0.05) is 5.56 Å². The van der Waals surface area contributed by atoms with Crippen LogP contribution >= 0.6 is 11.8 Å². The van der Waals surface area contributed by atoms with Crippen LogP contribution in [0.2, 0.25) is 0 Å². The van der Waals surface area contributed by atoms with Crippen LogP contribution in [-0.2, 0) is 0 Å².